The highest BCUT2D eigenvalue weighted by Crippen LogP contribution is 2.17. The summed E-state index contributed by atoms with van der Waals surface area (Å²) >= 11 is 0. The van der Waals surface area contributed by atoms with Crippen LogP contribution in [0.4, 0.5) is 0 Å². The molecule has 0 aromatic rings. The lowest BCUT2D eigenvalue weighted by Gasteiger charge is -2.34. The van der Waals surface area contributed by atoms with Crippen LogP contribution < -0.4 is 4.72 Å². The molecule has 1 heterocycles. The zero-order valence-electron chi connectivity index (χ0n) is 12.0. The van der Waals surface area contributed by atoms with E-state index < -0.39 is 10.0 Å². The maximum atomic E-state index is 11.7. The second-order valence-corrected chi connectivity index (χ2v) is 7.51. The fraction of sp³-hybridized carbons (Fsp3) is 1.00. The summed E-state index contributed by atoms with van der Waals surface area (Å²) in [7, 11) is -3.06. The molecule has 1 N–H and O–H groups in total. The summed E-state index contributed by atoms with van der Waals surface area (Å²) in [5.74, 6) is 1.07. The van der Waals surface area contributed by atoms with E-state index in [9.17, 15) is 8.42 Å². The molecule has 1 rings (SSSR count). The lowest BCUT2D eigenvalue weighted by molar-refractivity contribution is 0.148. The van der Waals surface area contributed by atoms with Gasteiger partial charge in [-0.25, -0.2) is 13.1 Å². The number of nitrogens with one attached hydrogen (secondary N) is 1. The Kier molecular flexibility index (Phi) is 6.60. The van der Waals surface area contributed by atoms with Crippen LogP contribution in [0.3, 0.4) is 0 Å². The molecule has 0 saturated carbocycles. The summed E-state index contributed by atoms with van der Waals surface area (Å²) in [6.07, 6.45) is 4.12. The van der Waals surface area contributed by atoms with E-state index in [0.29, 0.717) is 12.6 Å². The van der Waals surface area contributed by atoms with E-state index >= 15 is 0 Å². The first-order valence-electron chi connectivity index (χ1n) is 7.16. The second-order valence-electron chi connectivity index (χ2n) is 5.59. The molecule has 1 atom stereocenters. The first-order chi connectivity index (χ1) is 8.44. The smallest absolute Gasteiger partial charge is 0.211 e. The summed E-state index contributed by atoms with van der Waals surface area (Å²) in [6, 6.07) is 0.300. The van der Waals surface area contributed by atoms with Gasteiger partial charge in [0.05, 0.1) is 5.75 Å². The van der Waals surface area contributed by atoms with Crippen molar-refractivity contribution in [3.8, 4) is 0 Å². The Morgan fingerprint density at radius 1 is 1.33 bits per heavy atom. The number of nitrogens with zero attached hydrogens (tertiary/aromatic N) is 1. The lowest BCUT2D eigenvalue weighted by Crippen LogP contribution is -2.45. The van der Waals surface area contributed by atoms with Gasteiger partial charge < -0.3 is 0 Å². The molecule has 4 nitrogen and oxygen atoms in total. The molecule has 0 bridgehead atoms. The van der Waals surface area contributed by atoms with Gasteiger partial charge in [-0.05, 0) is 45.2 Å². The van der Waals surface area contributed by atoms with Crippen molar-refractivity contribution in [2.24, 2.45) is 5.92 Å². The minimum absolute atomic E-state index is 0.257. The molecule has 108 valence electrons. The van der Waals surface area contributed by atoms with Crippen LogP contribution in [0.2, 0.25) is 0 Å². The Balaban J connectivity index is 2.30. The van der Waals surface area contributed by atoms with Crippen molar-refractivity contribution >= 4 is 10.0 Å². The number of unbranched alkanes of at least 4 members (excludes halogenated alkanes) is 1. The Morgan fingerprint density at radius 2 is 1.94 bits per heavy atom. The zero-order valence-corrected chi connectivity index (χ0v) is 12.8. The molecule has 1 saturated heterocycles. The number of likely N-dealkylation sites (tertiary alicyclic amines) is 1. The predicted octanol–water partition coefficient (Wildman–Crippen LogP) is 1.83. The number of rotatable bonds is 7. The van der Waals surface area contributed by atoms with E-state index in [0.717, 1.165) is 31.8 Å². The first kappa shape index (κ1) is 15.9. The quantitative estimate of drug-likeness (QED) is 0.772. The van der Waals surface area contributed by atoms with Crippen LogP contribution >= 0.6 is 0 Å². The minimum Gasteiger partial charge on any atom is -0.299 e. The van der Waals surface area contributed by atoms with Crippen molar-refractivity contribution in [3.05, 3.63) is 0 Å². The molecule has 1 unspecified atom stereocenters. The molecule has 5 heteroatoms. The molecule has 1 aliphatic rings. The van der Waals surface area contributed by atoms with Crippen molar-refractivity contribution in [1.29, 1.82) is 0 Å². The third kappa shape index (κ3) is 5.67. The summed E-state index contributed by atoms with van der Waals surface area (Å²) in [5.41, 5.74) is 0. The molecule has 0 radical (unpaired) electrons. The second kappa shape index (κ2) is 7.46. The predicted molar refractivity (Wildman–Crippen MR) is 76.1 cm³/mol. The number of sulfonamides is 1. The summed E-state index contributed by atoms with van der Waals surface area (Å²) < 4.78 is 26.1. The van der Waals surface area contributed by atoms with Gasteiger partial charge in [0.2, 0.25) is 10.0 Å². The third-order valence-corrected chi connectivity index (χ3v) is 5.24. The number of hydrogen-bond donors (Lipinski definition) is 1. The summed E-state index contributed by atoms with van der Waals surface area (Å²) in [5, 5.41) is 0. The van der Waals surface area contributed by atoms with Crippen LogP contribution in [-0.4, -0.2) is 44.7 Å². The molecule has 0 amide bonds. The van der Waals surface area contributed by atoms with E-state index in [1.54, 1.807) is 0 Å². The van der Waals surface area contributed by atoms with Crippen molar-refractivity contribution in [3.63, 3.8) is 0 Å². The van der Waals surface area contributed by atoms with E-state index in [4.69, 9.17) is 0 Å². The molecule has 0 aromatic carbocycles. The van der Waals surface area contributed by atoms with Gasteiger partial charge in [-0.1, -0.05) is 20.3 Å². The maximum absolute atomic E-state index is 11.7. The topological polar surface area (TPSA) is 49.4 Å². The standard InChI is InChI=1S/C13H28N2O2S/c1-4-5-10-18(16,17)14-11-13(3)15-8-6-12(2)7-9-15/h12-14H,4-11H2,1-3H3. The minimum atomic E-state index is -3.06. The van der Waals surface area contributed by atoms with Gasteiger partial charge in [-0.2, -0.15) is 0 Å². The van der Waals surface area contributed by atoms with E-state index in [1.165, 1.54) is 12.8 Å². The summed E-state index contributed by atoms with van der Waals surface area (Å²) in [6.45, 7) is 9.14. The average molecular weight is 276 g/mol. The normalized spacial score (nSPS) is 21.1. The highest BCUT2D eigenvalue weighted by molar-refractivity contribution is 7.89. The van der Waals surface area contributed by atoms with Crippen LogP contribution in [0.15, 0.2) is 0 Å². The lowest BCUT2D eigenvalue weighted by atomic mass is 9.98. The van der Waals surface area contributed by atoms with E-state index in [2.05, 4.69) is 23.5 Å². The van der Waals surface area contributed by atoms with Gasteiger partial charge in [-0.15, -0.1) is 0 Å². The first-order valence-corrected chi connectivity index (χ1v) is 8.81. The molecule has 1 aliphatic heterocycles. The third-order valence-electron chi connectivity index (χ3n) is 3.81. The highest BCUT2D eigenvalue weighted by atomic mass is 32.2. The molecule has 1 fully saturated rings. The number of hydrogen-bond acceptors (Lipinski definition) is 3. The Bertz CT molecular complexity index is 322. The number of piperidine rings is 1. The Hall–Kier alpha value is -0.130. The molecule has 18 heavy (non-hydrogen) atoms. The highest BCUT2D eigenvalue weighted by Gasteiger charge is 2.21. The van der Waals surface area contributed by atoms with Gasteiger partial charge in [0.25, 0.3) is 0 Å². The average Bonchev–Trinajstić information content (AvgIpc) is 2.35. The monoisotopic (exact) mass is 276 g/mol. The maximum Gasteiger partial charge on any atom is 0.211 e. The molecular weight excluding hydrogens is 248 g/mol. The van der Waals surface area contributed by atoms with Gasteiger partial charge >= 0.3 is 0 Å². The molecular formula is C13H28N2O2S. The SMILES string of the molecule is CCCCS(=O)(=O)NCC(C)N1CCC(C)CC1. The molecule has 0 aliphatic carbocycles. The zero-order chi connectivity index (χ0) is 13.6. The van der Waals surface area contributed by atoms with Crippen molar-refractivity contribution < 1.29 is 8.42 Å². The van der Waals surface area contributed by atoms with Crippen LogP contribution in [0, 0.1) is 5.92 Å². The van der Waals surface area contributed by atoms with Crippen molar-refractivity contribution in [2.45, 2.75) is 52.5 Å². The Morgan fingerprint density at radius 3 is 2.50 bits per heavy atom. The summed E-state index contributed by atoms with van der Waals surface area (Å²) in [4.78, 5) is 2.39. The van der Waals surface area contributed by atoms with Crippen LogP contribution in [0.1, 0.15) is 46.5 Å². The van der Waals surface area contributed by atoms with Crippen LogP contribution in [-0.2, 0) is 10.0 Å². The van der Waals surface area contributed by atoms with Gasteiger partial charge in [0.1, 0.15) is 0 Å². The fourth-order valence-corrected chi connectivity index (χ4v) is 3.56. The van der Waals surface area contributed by atoms with Crippen LogP contribution in [0.25, 0.3) is 0 Å². The largest absolute Gasteiger partial charge is 0.299 e. The van der Waals surface area contributed by atoms with E-state index in [1.807, 2.05) is 6.92 Å². The van der Waals surface area contributed by atoms with Gasteiger partial charge in [-0.3, -0.25) is 4.90 Å². The fourth-order valence-electron chi connectivity index (χ4n) is 2.25. The van der Waals surface area contributed by atoms with E-state index in [-0.39, 0.29) is 5.75 Å². The van der Waals surface area contributed by atoms with Gasteiger partial charge in [0, 0.05) is 12.6 Å². The molecule has 0 aromatic heterocycles. The Labute approximate surface area is 112 Å². The van der Waals surface area contributed by atoms with Gasteiger partial charge in [0.15, 0.2) is 0 Å². The van der Waals surface area contributed by atoms with Crippen LogP contribution in [0.5, 0.6) is 0 Å². The van der Waals surface area contributed by atoms with Crippen molar-refractivity contribution in [1.82, 2.24) is 9.62 Å². The van der Waals surface area contributed by atoms with Crippen molar-refractivity contribution in [2.75, 3.05) is 25.4 Å². The molecule has 0 spiro atoms.